The molecule has 0 rings (SSSR count). The highest BCUT2D eigenvalue weighted by Crippen LogP contribution is 2.25. The quantitative estimate of drug-likeness (QED) is 0.157. The number of ether oxygens (including phenoxy) is 1. The van der Waals surface area contributed by atoms with Crippen molar-refractivity contribution in [2.75, 3.05) is 7.05 Å². The first-order chi connectivity index (χ1) is 13.6. The summed E-state index contributed by atoms with van der Waals surface area (Å²) < 4.78 is 5.41. The molecule has 0 aromatic carbocycles. The van der Waals surface area contributed by atoms with Crippen LogP contribution >= 0.6 is 0 Å². The van der Waals surface area contributed by atoms with Gasteiger partial charge < -0.3 is 10.1 Å². The van der Waals surface area contributed by atoms with Crippen molar-refractivity contribution in [3.05, 3.63) is 49.1 Å². The molecule has 0 aliphatic heterocycles. The Morgan fingerprint density at radius 3 is 2.11 bits per heavy atom. The molecule has 0 aliphatic rings. The number of rotatable bonds is 16. The third-order valence-corrected chi connectivity index (χ3v) is 4.66. The molecule has 158 valence electrons. The SMILES string of the molecule is C=CC(=O)OC(CC)(CCCCCC/C=C\C/C=C\C/C=C\CC)C(=O)NC. The van der Waals surface area contributed by atoms with Crippen LogP contribution in [0.5, 0.6) is 0 Å². The topological polar surface area (TPSA) is 55.4 Å². The number of likely N-dealkylation sites (N-methyl/N-ethyl adjacent to an activating group) is 1. The summed E-state index contributed by atoms with van der Waals surface area (Å²) in [6.07, 6.45) is 23.6. The Bertz CT molecular complexity index is 534. The average molecular weight is 390 g/mol. The number of unbranched alkanes of at least 4 members (excludes halogenated alkanes) is 4. The van der Waals surface area contributed by atoms with Gasteiger partial charge >= 0.3 is 5.97 Å². The molecule has 0 saturated heterocycles. The zero-order valence-corrected chi connectivity index (χ0v) is 18.0. The van der Waals surface area contributed by atoms with E-state index in [9.17, 15) is 9.59 Å². The molecular weight excluding hydrogens is 350 g/mol. The Kier molecular flexibility index (Phi) is 15.8. The molecular formula is C24H39NO3. The molecule has 28 heavy (non-hydrogen) atoms. The molecule has 0 bridgehead atoms. The fourth-order valence-electron chi connectivity index (χ4n) is 2.94. The van der Waals surface area contributed by atoms with Crippen molar-refractivity contribution < 1.29 is 14.3 Å². The molecule has 0 radical (unpaired) electrons. The maximum absolute atomic E-state index is 12.2. The van der Waals surface area contributed by atoms with E-state index < -0.39 is 11.6 Å². The van der Waals surface area contributed by atoms with Crippen molar-refractivity contribution in [2.24, 2.45) is 0 Å². The van der Waals surface area contributed by atoms with Gasteiger partial charge in [-0.15, -0.1) is 0 Å². The van der Waals surface area contributed by atoms with Crippen LogP contribution in [0.1, 0.15) is 78.1 Å². The minimum Gasteiger partial charge on any atom is -0.446 e. The molecule has 1 atom stereocenters. The van der Waals surface area contributed by atoms with E-state index in [1.54, 1.807) is 7.05 Å². The Morgan fingerprint density at radius 1 is 0.929 bits per heavy atom. The lowest BCUT2D eigenvalue weighted by Gasteiger charge is -2.30. The molecule has 0 heterocycles. The normalized spacial score (nSPS) is 13.8. The first-order valence-corrected chi connectivity index (χ1v) is 10.6. The van der Waals surface area contributed by atoms with Gasteiger partial charge in [0.1, 0.15) is 0 Å². The van der Waals surface area contributed by atoms with Gasteiger partial charge in [-0.25, -0.2) is 4.79 Å². The standard InChI is InChI=1S/C24H39NO3/c1-5-8-9-10-11-12-13-14-15-16-17-18-19-20-21-24(7-3,23(27)25-4)28-22(26)6-2/h6,8-9,11-12,14-15H,2,5,7,10,13,16-21H2,1,3-4H3,(H,25,27)/b9-8-,12-11-,15-14-. The predicted molar refractivity (Wildman–Crippen MR) is 118 cm³/mol. The first kappa shape index (κ1) is 25.9. The second-order valence-electron chi connectivity index (χ2n) is 6.80. The molecule has 0 saturated carbocycles. The van der Waals surface area contributed by atoms with Gasteiger partial charge in [-0.1, -0.05) is 69.7 Å². The van der Waals surface area contributed by atoms with Gasteiger partial charge in [-0.05, 0) is 51.4 Å². The number of nitrogens with one attached hydrogen (secondary N) is 1. The van der Waals surface area contributed by atoms with Gasteiger partial charge in [0.25, 0.3) is 5.91 Å². The largest absolute Gasteiger partial charge is 0.446 e. The number of allylic oxidation sites excluding steroid dienone is 6. The third kappa shape index (κ3) is 11.6. The van der Waals surface area contributed by atoms with Gasteiger partial charge in [-0.2, -0.15) is 0 Å². The van der Waals surface area contributed by atoms with Gasteiger partial charge in [-0.3, -0.25) is 4.79 Å². The molecule has 1 unspecified atom stereocenters. The van der Waals surface area contributed by atoms with Crippen LogP contribution in [-0.2, 0) is 14.3 Å². The predicted octanol–water partition coefficient (Wildman–Crippen LogP) is 5.81. The van der Waals surface area contributed by atoms with Crippen molar-refractivity contribution in [2.45, 2.75) is 83.7 Å². The molecule has 1 amide bonds. The Balaban J connectivity index is 4.06. The first-order valence-electron chi connectivity index (χ1n) is 10.6. The fraction of sp³-hybridized carbons (Fsp3) is 0.583. The van der Waals surface area contributed by atoms with Crippen LogP contribution in [-0.4, -0.2) is 24.5 Å². The lowest BCUT2D eigenvalue weighted by molar-refractivity contribution is -0.165. The summed E-state index contributed by atoms with van der Waals surface area (Å²) in [5.74, 6) is -0.794. The summed E-state index contributed by atoms with van der Waals surface area (Å²) in [7, 11) is 1.57. The number of amides is 1. The summed E-state index contributed by atoms with van der Waals surface area (Å²) >= 11 is 0. The van der Waals surface area contributed by atoms with Crippen molar-refractivity contribution in [1.82, 2.24) is 5.32 Å². The van der Waals surface area contributed by atoms with E-state index in [1.165, 1.54) is 0 Å². The van der Waals surface area contributed by atoms with Crippen LogP contribution in [0.25, 0.3) is 0 Å². The zero-order chi connectivity index (χ0) is 21.1. The van der Waals surface area contributed by atoms with E-state index in [-0.39, 0.29) is 5.91 Å². The highest BCUT2D eigenvalue weighted by molar-refractivity contribution is 5.90. The van der Waals surface area contributed by atoms with E-state index in [2.05, 4.69) is 55.3 Å². The number of esters is 1. The van der Waals surface area contributed by atoms with Crippen LogP contribution in [0, 0.1) is 0 Å². The van der Waals surface area contributed by atoms with Crippen molar-refractivity contribution in [3.8, 4) is 0 Å². The molecule has 1 N–H and O–H groups in total. The van der Waals surface area contributed by atoms with Crippen molar-refractivity contribution in [1.29, 1.82) is 0 Å². The Hall–Kier alpha value is -2.10. The third-order valence-electron chi connectivity index (χ3n) is 4.66. The second-order valence-corrected chi connectivity index (χ2v) is 6.80. The van der Waals surface area contributed by atoms with E-state index in [4.69, 9.17) is 4.74 Å². The van der Waals surface area contributed by atoms with E-state index in [0.717, 1.165) is 57.4 Å². The summed E-state index contributed by atoms with van der Waals surface area (Å²) in [5, 5.41) is 2.62. The fourth-order valence-corrected chi connectivity index (χ4v) is 2.94. The van der Waals surface area contributed by atoms with Gasteiger partial charge in [0.2, 0.25) is 0 Å². The van der Waals surface area contributed by atoms with E-state index in [1.807, 2.05) is 6.92 Å². The summed E-state index contributed by atoms with van der Waals surface area (Å²) in [6, 6.07) is 0. The smallest absolute Gasteiger partial charge is 0.331 e. The molecule has 0 aromatic rings. The number of carbonyl (C=O) groups excluding carboxylic acids is 2. The molecule has 0 fully saturated rings. The van der Waals surface area contributed by atoms with Crippen LogP contribution in [0.3, 0.4) is 0 Å². The molecule has 0 spiro atoms. The van der Waals surface area contributed by atoms with Crippen LogP contribution in [0.2, 0.25) is 0 Å². The molecule has 4 nitrogen and oxygen atoms in total. The molecule has 0 aromatic heterocycles. The Morgan fingerprint density at radius 2 is 1.54 bits per heavy atom. The van der Waals surface area contributed by atoms with Gasteiger partial charge in [0, 0.05) is 13.1 Å². The summed E-state index contributed by atoms with van der Waals surface area (Å²) in [5.41, 5.74) is -1.08. The summed E-state index contributed by atoms with van der Waals surface area (Å²) in [4.78, 5) is 23.9. The number of carbonyl (C=O) groups is 2. The van der Waals surface area contributed by atoms with Crippen LogP contribution in [0.4, 0.5) is 0 Å². The maximum atomic E-state index is 12.2. The second kappa shape index (κ2) is 17.0. The highest BCUT2D eigenvalue weighted by Gasteiger charge is 2.39. The number of hydrogen-bond acceptors (Lipinski definition) is 3. The monoisotopic (exact) mass is 389 g/mol. The minimum atomic E-state index is -1.08. The lowest BCUT2D eigenvalue weighted by Crippen LogP contribution is -2.48. The van der Waals surface area contributed by atoms with E-state index in [0.29, 0.717) is 12.8 Å². The lowest BCUT2D eigenvalue weighted by atomic mass is 9.91. The Labute approximate surface area is 171 Å². The molecule has 0 aliphatic carbocycles. The van der Waals surface area contributed by atoms with Crippen LogP contribution in [0.15, 0.2) is 49.1 Å². The minimum absolute atomic E-state index is 0.244. The average Bonchev–Trinajstić information content (AvgIpc) is 2.72. The summed E-state index contributed by atoms with van der Waals surface area (Å²) in [6.45, 7) is 7.43. The van der Waals surface area contributed by atoms with Gasteiger partial charge in [0.05, 0.1) is 0 Å². The molecule has 4 heteroatoms. The zero-order valence-electron chi connectivity index (χ0n) is 18.0. The van der Waals surface area contributed by atoms with E-state index >= 15 is 0 Å². The number of hydrogen-bond donors (Lipinski definition) is 1. The van der Waals surface area contributed by atoms with Crippen molar-refractivity contribution in [3.63, 3.8) is 0 Å². The maximum Gasteiger partial charge on any atom is 0.331 e. The van der Waals surface area contributed by atoms with Crippen molar-refractivity contribution >= 4 is 11.9 Å². The highest BCUT2D eigenvalue weighted by atomic mass is 16.6. The van der Waals surface area contributed by atoms with Gasteiger partial charge in [0.15, 0.2) is 5.60 Å². The van der Waals surface area contributed by atoms with Crippen LogP contribution < -0.4 is 5.32 Å².